The highest BCUT2D eigenvalue weighted by Crippen LogP contribution is 2.16. The summed E-state index contributed by atoms with van der Waals surface area (Å²) in [5.74, 6) is 0.834. The van der Waals surface area contributed by atoms with Crippen molar-refractivity contribution in [3.8, 4) is 5.69 Å². The van der Waals surface area contributed by atoms with Crippen LogP contribution in [0.4, 0.5) is 0 Å². The van der Waals surface area contributed by atoms with E-state index in [2.05, 4.69) is 83.8 Å². The predicted octanol–water partition coefficient (Wildman–Crippen LogP) is 3.27. The Labute approximate surface area is 170 Å². The van der Waals surface area contributed by atoms with Crippen molar-refractivity contribution in [2.75, 3.05) is 27.2 Å². The fourth-order valence-corrected chi connectivity index (χ4v) is 3.09. The first-order chi connectivity index (χ1) is 13.4. The molecule has 2 N–H and O–H groups in total. The number of nitrogens with zero attached hydrogens (tertiary/aromatic N) is 4. The van der Waals surface area contributed by atoms with E-state index in [0.29, 0.717) is 12.6 Å². The third-order valence-electron chi connectivity index (χ3n) is 5.01. The Morgan fingerprint density at radius 3 is 2.57 bits per heavy atom. The second-order valence-corrected chi connectivity index (χ2v) is 7.60. The third-order valence-corrected chi connectivity index (χ3v) is 5.01. The summed E-state index contributed by atoms with van der Waals surface area (Å²) in [6.45, 7) is 11.3. The molecule has 0 fully saturated rings. The van der Waals surface area contributed by atoms with Crippen molar-refractivity contribution in [3.63, 3.8) is 0 Å². The van der Waals surface area contributed by atoms with Crippen LogP contribution in [0.25, 0.3) is 5.69 Å². The van der Waals surface area contributed by atoms with Crippen molar-refractivity contribution in [1.82, 2.24) is 25.3 Å². The lowest BCUT2D eigenvalue weighted by atomic mass is 10.1. The van der Waals surface area contributed by atoms with Gasteiger partial charge in [0.05, 0.1) is 11.4 Å². The molecule has 6 heteroatoms. The maximum Gasteiger partial charge on any atom is 0.191 e. The van der Waals surface area contributed by atoms with Gasteiger partial charge in [-0.25, -0.2) is 4.68 Å². The van der Waals surface area contributed by atoms with Crippen molar-refractivity contribution < 1.29 is 0 Å². The third kappa shape index (κ3) is 6.37. The van der Waals surface area contributed by atoms with Gasteiger partial charge < -0.3 is 15.5 Å². The smallest absolute Gasteiger partial charge is 0.191 e. The summed E-state index contributed by atoms with van der Waals surface area (Å²) in [5, 5.41) is 11.5. The number of aliphatic imine (C=N–C) groups is 1. The van der Waals surface area contributed by atoms with Crippen LogP contribution in [-0.2, 0) is 6.54 Å². The van der Waals surface area contributed by atoms with E-state index >= 15 is 0 Å². The van der Waals surface area contributed by atoms with E-state index in [1.807, 2.05) is 18.7 Å². The summed E-state index contributed by atoms with van der Waals surface area (Å²) >= 11 is 0. The molecule has 2 rings (SSSR count). The van der Waals surface area contributed by atoms with Crippen LogP contribution in [-0.4, -0.2) is 53.9 Å². The summed E-state index contributed by atoms with van der Waals surface area (Å²) in [6, 6.07) is 11.1. The van der Waals surface area contributed by atoms with Crippen LogP contribution in [0.3, 0.4) is 0 Å². The van der Waals surface area contributed by atoms with E-state index in [4.69, 9.17) is 0 Å². The van der Waals surface area contributed by atoms with Gasteiger partial charge in [0, 0.05) is 31.9 Å². The molecule has 0 atom stereocenters. The number of para-hydroxylation sites is 1. The van der Waals surface area contributed by atoms with Gasteiger partial charge in [-0.05, 0) is 71.8 Å². The molecule has 0 bridgehead atoms. The Morgan fingerprint density at radius 1 is 1.18 bits per heavy atom. The van der Waals surface area contributed by atoms with Crippen LogP contribution in [0, 0.1) is 13.8 Å². The number of guanidine groups is 1. The molecule has 28 heavy (non-hydrogen) atoms. The number of hydrogen-bond donors (Lipinski definition) is 2. The van der Waals surface area contributed by atoms with E-state index in [9.17, 15) is 0 Å². The fourth-order valence-electron chi connectivity index (χ4n) is 3.09. The number of rotatable bonds is 9. The molecule has 154 valence electrons. The zero-order chi connectivity index (χ0) is 20.5. The number of aromatic nitrogens is 2. The second-order valence-electron chi connectivity index (χ2n) is 7.60. The number of nitrogens with one attached hydrogen (secondary N) is 2. The van der Waals surface area contributed by atoms with E-state index in [-0.39, 0.29) is 0 Å². The first-order valence-corrected chi connectivity index (χ1v) is 10.2. The predicted molar refractivity (Wildman–Crippen MR) is 118 cm³/mol. The quantitative estimate of drug-likeness (QED) is 0.396. The summed E-state index contributed by atoms with van der Waals surface area (Å²) in [5.41, 5.74) is 4.46. The highest BCUT2D eigenvalue weighted by Gasteiger charge is 2.09. The first kappa shape index (κ1) is 22.0. The van der Waals surface area contributed by atoms with E-state index in [1.54, 1.807) is 0 Å². The minimum Gasteiger partial charge on any atom is -0.356 e. The van der Waals surface area contributed by atoms with Gasteiger partial charge in [-0.1, -0.05) is 18.2 Å². The average Bonchev–Trinajstić information content (AvgIpc) is 3.01. The van der Waals surface area contributed by atoms with Gasteiger partial charge in [0.15, 0.2) is 5.96 Å². The van der Waals surface area contributed by atoms with Gasteiger partial charge in [-0.2, -0.15) is 5.10 Å². The van der Waals surface area contributed by atoms with Gasteiger partial charge >= 0.3 is 0 Å². The molecule has 0 aliphatic rings. The summed E-state index contributed by atoms with van der Waals surface area (Å²) < 4.78 is 2.01. The molecule has 0 saturated heterocycles. The molecule has 1 heterocycles. The molecule has 0 radical (unpaired) electrons. The lowest BCUT2D eigenvalue weighted by Crippen LogP contribution is -2.37. The molecule has 0 aliphatic heterocycles. The van der Waals surface area contributed by atoms with Gasteiger partial charge in [0.1, 0.15) is 0 Å². The van der Waals surface area contributed by atoms with Crippen LogP contribution in [0.1, 0.15) is 43.6 Å². The summed E-state index contributed by atoms with van der Waals surface area (Å²) in [4.78, 5) is 6.73. The molecule has 1 aromatic heterocycles. The molecule has 2 aromatic rings. The van der Waals surface area contributed by atoms with Gasteiger partial charge in [0.2, 0.25) is 0 Å². The van der Waals surface area contributed by atoms with Crippen LogP contribution in [0.2, 0.25) is 0 Å². The van der Waals surface area contributed by atoms with Crippen molar-refractivity contribution >= 4 is 5.96 Å². The molecule has 0 unspecified atom stereocenters. The SMILES string of the molecule is CN=C(NCCCCN(C)C(C)C)NCc1ccccc1-n1nc(C)cc1C. The number of aryl methyl sites for hydroxylation is 2. The highest BCUT2D eigenvalue weighted by molar-refractivity contribution is 5.79. The standard InChI is InChI=1S/C22H36N6/c1-17(2)27(6)14-10-9-13-24-22(23-5)25-16-20-11-7-8-12-21(20)28-19(4)15-18(3)26-28/h7-8,11-12,15,17H,9-10,13-14,16H2,1-6H3,(H2,23,24,25). The Morgan fingerprint density at radius 2 is 1.93 bits per heavy atom. The molecule has 6 nitrogen and oxygen atoms in total. The van der Waals surface area contributed by atoms with E-state index in [1.165, 1.54) is 12.0 Å². The Bertz CT molecular complexity index is 762. The van der Waals surface area contributed by atoms with E-state index < -0.39 is 0 Å². The Hall–Kier alpha value is -2.34. The molecule has 0 amide bonds. The highest BCUT2D eigenvalue weighted by atomic mass is 15.3. The van der Waals surface area contributed by atoms with Crippen molar-refractivity contribution in [3.05, 3.63) is 47.3 Å². The first-order valence-electron chi connectivity index (χ1n) is 10.2. The zero-order valence-electron chi connectivity index (χ0n) is 18.3. The number of unbranched alkanes of at least 4 members (excludes halogenated alkanes) is 1. The number of hydrogen-bond acceptors (Lipinski definition) is 3. The summed E-state index contributed by atoms with van der Waals surface area (Å²) in [6.07, 6.45) is 2.31. The van der Waals surface area contributed by atoms with Gasteiger partial charge in [0.25, 0.3) is 0 Å². The van der Waals surface area contributed by atoms with Crippen LogP contribution < -0.4 is 10.6 Å². The minimum absolute atomic E-state index is 0.602. The molecule has 1 aromatic carbocycles. The van der Waals surface area contributed by atoms with Gasteiger partial charge in [-0.3, -0.25) is 4.99 Å². The largest absolute Gasteiger partial charge is 0.356 e. The number of benzene rings is 1. The normalized spacial score (nSPS) is 12.1. The lowest BCUT2D eigenvalue weighted by molar-refractivity contribution is 0.268. The van der Waals surface area contributed by atoms with Crippen molar-refractivity contribution in [2.24, 2.45) is 4.99 Å². The van der Waals surface area contributed by atoms with Crippen molar-refractivity contribution in [2.45, 2.75) is 53.1 Å². The fraction of sp³-hybridized carbons (Fsp3) is 0.545. The topological polar surface area (TPSA) is 57.5 Å². The maximum atomic E-state index is 4.62. The van der Waals surface area contributed by atoms with Crippen LogP contribution >= 0.6 is 0 Å². The molecule has 0 saturated carbocycles. The Balaban J connectivity index is 1.86. The second kappa shape index (κ2) is 10.9. The lowest BCUT2D eigenvalue weighted by Gasteiger charge is -2.20. The molecule has 0 spiro atoms. The molecular weight excluding hydrogens is 348 g/mol. The van der Waals surface area contributed by atoms with E-state index in [0.717, 1.165) is 42.5 Å². The maximum absolute atomic E-state index is 4.62. The zero-order valence-corrected chi connectivity index (χ0v) is 18.3. The molecule has 0 aliphatic carbocycles. The minimum atomic E-state index is 0.602. The molecular formula is C22H36N6. The summed E-state index contributed by atoms with van der Waals surface area (Å²) in [7, 11) is 3.99. The van der Waals surface area contributed by atoms with Crippen LogP contribution in [0.15, 0.2) is 35.3 Å². The Kier molecular flexibility index (Phi) is 8.51. The van der Waals surface area contributed by atoms with Crippen LogP contribution in [0.5, 0.6) is 0 Å². The van der Waals surface area contributed by atoms with Gasteiger partial charge in [-0.15, -0.1) is 0 Å². The van der Waals surface area contributed by atoms with Crippen molar-refractivity contribution in [1.29, 1.82) is 0 Å². The monoisotopic (exact) mass is 384 g/mol. The average molecular weight is 385 g/mol.